The van der Waals surface area contributed by atoms with Crippen molar-refractivity contribution in [2.75, 3.05) is 0 Å². The molecule has 1 N–H and O–H groups in total. The summed E-state index contributed by atoms with van der Waals surface area (Å²) in [7, 11) is 0. The lowest BCUT2D eigenvalue weighted by atomic mass is 9.93. The number of nitrogens with one attached hydrogen (secondary N) is 1. The summed E-state index contributed by atoms with van der Waals surface area (Å²) < 4.78 is 5.55. The van der Waals surface area contributed by atoms with Gasteiger partial charge in [0.2, 0.25) is 0 Å². The summed E-state index contributed by atoms with van der Waals surface area (Å²) in [5.74, 6) is 1.18. The van der Waals surface area contributed by atoms with Gasteiger partial charge in [0.05, 0.1) is 6.26 Å². The highest BCUT2D eigenvalue weighted by atomic mass is 32.1. The van der Waals surface area contributed by atoms with E-state index in [2.05, 4.69) is 44.3 Å². The van der Waals surface area contributed by atoms with Gasteiger partial charge in [-0.2, -0.15) is 0 Å². The van der Waals surface area contributed by atoms with Gasteiger partial charge in [0, 0.05) is 34.3 Å². The zero-order valence-corrected chi connectivity index (χ0v) is 13.3. The summed E-state index contributed by atoms with van der Waals surface area (Å²) in [6.45, 7) is 7.77. The number of hydrogen-bond donors (Lipinski definition) is 1. The molecule has 0 spiro atoms. The average molecular weight is 289 g/mol. The minimum atomic E-state index is 0.255. The Morgan fingerprint density at radius 2 is 2.15 bits per heavy atom. The maximum atomic E-state index is 5.55. The molecule has 2 aromatic heterocycles. The van der Waals surface area contributed by atoms with Crippen molar-refractivity contribution in [3.63, 3.8) is 0 Å². The second-order valence-electron chi connectivity index (χ2n) is 6.64. The van der Waals surface area contributed by atoms with Gasteiger partial charge in [0.1, 0.15) is 5.76 Å². The van der Waals surface area contributed by atoms with Gasteiger partial charge in [-0.15, -0.1) is 11.3 Å². The Balaban J connectivity index is 1.65. The molecule has 0 aromatic carbocycles. The van der Waals surface area contributed by atoms with Crippen LogP contribution < -0.4 is 5.32 Å². The maximum absolute atomic E-state index is 5.55. The van der Waals surface area contributed by atoms with Crippen molar-refractivity contribution in [2.24, 2.45) is 0 Å². The number of furan rings is 1. The van der Waals surface area contributed by atoms with Crippen LogP contribution in [0, 0.1) is 0 Å². The summed E-state index contributed by atoms with van der Waals surface area (Å²) in [5.41, 5.74) is 1.62. The first-order chi connectivity index (χ1) is 9.54. The third-order valence-corrected chi connectivity index (χ3v) is 5.49. The SMILES string of the molecule is CC(C)(C)c1ccc(CNC2CCCc3occc32)s1. The molecule has 0 radical (unpaired) electrons. The molecule has 3 heteroatoms. The second kappa shape index (κ2) is 5.38. The maximum Gasteiger partial charge on any atom is 0.108 e. The third kappa shape index (κ3) is 2.84. The van der Waals surface area contributed by atoms with Crippen LogP contribution in [0.25, 0.3) is 0 Å². The predicted octanol–water partition coefficient (Wildman–Crippen LogP) is 4.81. The van der Waals surface area contributed by atoms with Crippen molar-refractivity contribution in [1.29, 1.82) is 0 Å². The molecule has 0 fully saturated rings. The number of thiophene rings is 1. The lowest BCUT2D eigenvalue weighted by Gasteiger charge is -2.22. The molecular formula is C17H23NOS. The molecule has 2 nitrogen and oxygen atoms in total. The zero-order chi connectivity index (χ0) is 14.2. The number of fused-ring (bicyclic) bond motifs is 1. The van der Waals surface area contributed by atoms with Crippen LogP contribution in [-0.2, 0) is 18.4 Å². The van der Waals surface area contributed by atoms with E-state index in [4.69, 9.17) is 4.42 Å². The van der Waals surface area contributed by atoms with Crippen LogP contribution in [0.5, 0.6) is 0 Å². The summed E-state index contributed by atoms with van der Waals surface area (Å²) in [6.07, 6.45) is 5.35. The lowest BCUT2D eigenvalue weighted by molar-refractivity contribution is 0.412. The van der Waals surface area contributed by atoms with Crippen LogP contribution in [0.1, 0.15) is 60.7 Å². The molecule has 3 rings (SSSR count). The van der Waals surface area contributed by atoms with Gasteiger partial charge in [0.15, 0.2) is 0 Å². The molecule has 20 heavy (non-hydrogen) atoms. The van der Waals surface area contributed by atoms with Crippen LogP contribution in [-0.4, -0.2) is 0 Å². The second-order valence-corrected chi connectivity index (χ2v) is 7.81. The Bertz CT molecular complexity index is 576. The van der Waals surface area contributed by atoms with Crippen molar-refractivity contribution in [3.8, 4) is 0 Å². The Kier molecular flexibility index (Phi) is 3.74. The van der Waals surface area contributed by atoms with E-state index in [1.165, 1.54) is 33.9 Å². The molecule has 0 saturated heterocycles. The molecule has 2 heterocycles. The van der Waals surface area contributed by atoms with Crippen molar-refractivity contribution in [2.45, 2.75) is 58.0 Å². The summed E-state index contributed by atoms with van der Waals surface area (Å²) in [4.78, 5) is 2.88. The van der Waals surface area contributed by atoms with Crippen molar-refractivity contribution >= 4 is 11.3 Å². The largest absolute Gasteiger partial charge is 0.469 e. The van der Waals surface area contributed by atoms with Crippen molar-refractivity contribution < 1.29 is 4.42 Å². The minimum Gasteiger partial charge on any atom is -0.469 e. The molecule has 0 bridgehead atoms. The lowest BCUT2D eigenvalue weighted by Crippen LogP contribution is -2.23. The average Bonchev–Trinajstić information content (AvgIpc) is 3.04. The molecule has 0 amide bonds. The number of aryl methyl sites for hydroxylation is 1. The van der Waals surface area contributed by atoms with E-state index in [1.54, 1.807) is 0 Å². The van der Waals surface area contributed by atoms with Crippen molar-refractivity contribution in [1.82, 2.24) is 5.32 Å². The van der Waals surface area contributed by atoms with E-state index in [1.807, 2.05) is 17.6 Å². The number of hydrogen-bond acceptors (Lipinski definition) is 3. The quantitative estimate of drug-likeness (QED) is 0.877. The Morgan fingerprint density at radius 1 is 1.30 bits per heavy atom. The van der Waals surface area contributed by atoms with Gasteiger partial charge < -0.3 is 9.73 Å². The molecule has 1 atom stereocenters. The summed E-state index contributed by atoms with van der Waals surface area (Å²) >= 11 is 1.93. The smallest absolute Gasteiger partial charge is 0.108 e. The number of rotatable bonds is 3. The van der Waals surface area contributed by atoms with Gasteiger partial charge in [0.25, 0.3) is 0 Å². The minimum absolute atomic E-state index is 0.255. The molecule has 1 aliphatic rings. The van der Waals surface area contributed by atoms with Gasteiger partial charge in [-0.05, 0) is 36.5 Å². The van der Waals surface area contributed by atoms with E-state index >= 15 is 0 Å². The normalized spacial score (nSPS) is 19.1. The van der Waals surface area contributed by atoms with Gasteiger partial charge in [-0.3, -0.25) is 0 Å². The van der Waals surface area contributed by atoms with Crippen LogP contribution in [0.3, 0.4) is 0 Å². The molecule has 1 unspecified atom stereocenters. The fraction of sp³-hybridized carbons (Fsp3) is 0.529. The van der Waals surface area contributed by atoms with Crippen LogP contribution >= 0.6 is 11.3 Å². The molecule has 0 aliphatic heterocycles. The van der Waals surface area contributed by atoms with Gasteiger partial charge in [-0.1, -0.05) is 20.8 Å². The predicted molar refractivity (Wildman–Crippen MR) is 84.2 cm³/mol. The molecule has 0 saturated carbocycles. The highest BCUT2D eigenvalue weighted by molar-refractivity contribution is 7.12. The topological polar surface area (TPSA) is 25.2 Å². The van der Waals surface area contributed by atoms with Crippen LogP contribution in [0.4, 0.5) is 0 Å². The Hall–Kier alpha value is -1.06. The molecule has 2 aromatic rings. The highest BCUT2D eigenvalue weighted by Crippen LogP contribution is 2.32. The Labute approximate surface area is 125 Å². The zero-order valence-electron chi connectivity index (χ0n) is 12.5. The van der Waals surface area contributed by atoms with E-state index in [0.717, 1.165) is 13.0 Å². The van der Waals surface area contributed by atoms with E-state index < -0.39 is 0 Å². The molecular weight excluding hydrogens is 266 g/mol. The van der Waals surface area contributed by atoms with Gasteiger partial charge in [-0.25, -0.2) is 0 Å². The standard InChI is InChI=1S/C17H23NOS/c1-17(2,3)16-8-7-12(20-16)11-18-14-5-4-6-15-13(14)9-10-19-15/h7-10,14,18H,4-6,11H2,1-3H3. The fourth-order valence-corrected chi connectivity index (χ4v) is 3.81. The fourth-order valence-electron chi connectivity index (χ4n) is 2.80. The first-order valence-electron chi connectivity index (χ1n) is 7.43. The van der Waals surface area contributed by atoms with Crippen LogP contribution in [0.2, 0.25) is 0 Å². The monoisotopic (exact) mass is 289 g/mol. The Morgan fingerprint density at radius 3 is 2.90 bits per heavy atom. The van der Waals surface area contributed by atoms with Gasteiger partial charge >= 0.3 is 0 Å². The first kappa shape index (κ1) is 13.9. The molecule has 108 valence electrons. The first-order valence-corrected chi connectivity index (χ1v) is 8.24. The summed E-state index contributed by atoms with van der Waals surface area (Å²) in [5, 5.41) is 3.70. The highest BCUT2D eigenvalue weighted by Gasteiger charge is 2.22. The van der Waals surface area contributed by atoms with E-state index in [-0.39, 0.29) is 5.41 Å². The third-order valence-electron chi connectivity index (χ3n) is 3.98. The summed E-state index contributed by atoms with van der Waals surface area (Å²) in [6, 6.07) is 7.11. The van der Waals surface area contributed by atoms with Crippen LogP contribution in [0.15, 0.2) is 28.9 Å². The van der Waals surface area contributed by atoms with E-state index in [0.29, 0.717) is 6.04 Å². The van der Waals surface area contributed by atoms with E-state index in [9.17, 15) is 0 Å². The molecule has 1 aliphatic carbocycles. The van der Waals surface area contributed by atoms with Crippen molar-refractivity contribution in [3.05, 3.63) is 45.5 Å².